The molecule has 0 amide bonds. The first-order valence-corrected chi connectivity index (χ1v) is 8.48. The minimum absolute atomic E-state index is 0.0220. The summed E-state index contributed by atoms with van der Waals surface area (Å²) in [4.78, 5) is 9.74. The number of halogens is 1. The van der Waals surface area contributed by atoms with Crippen LogP contribution in [-0.2, 0) is 9.84 Å². The molecule has 1 aliphatic heterocycles. The van der Waals surface area contributed by atoms with Gasteiger partial charge in [0.25, 0.3) is 0 Å². The van der Waals surface area contributed by atoms with Gasteiger partial charge >= 0.3 is 0 Å². The first-order chi connectivity index (χ1) is 9.43. The van der Waals surface area contributed by atoms with E-state index in [4.69, 9.17) is 0 Å². The molecule has 2 rings (SSSR count). The molecule has 0 aromatic carbocycles. The van der Waals surface area contributed by atoms with Gasteiger partial charge in [-0.05, 0) is 13.3 Å². The summed E-state index contributed by atoms with van der Waals surface area (Å²) >= 11 is 0. The molecular weight excluding hydrogens is 283 g/mol. The summed E-state index contributed by atoms with van der Waals surface area (Å²) in [5.74, 6) is 0.0511. The van der Waals surface area contributed by atoms with E-state index in [0.29, 0.717) is 12.5 Å². The molecule has 112 valence electrons. The number of nitrogens with zero attached hydrogens (tertiary/aromatic N) is 3. The van der Waals surface area contributed by atoms with E-state index in [1.807, 2.05) is 6.92 Å². The number of anilines is 2. The van der Waals surface area contributed by atoms with Crippen LogP contribution in [0.3, 0.4) is 0 Å². The summed E-state index contributed by atoms with van der Waals surface area (Å²) in [7, 11) is -3.03. The van der Waals surface area contributed by atoms with Crippen LogP contribution in [0.1, 0.15) is 20.3 Å². The summed E-state index contributed by atoms with van der Waals surface area (Å²) in [5.41, 5.74) is 0. The molecule has 2 heterocycles. The number of hydrogen-bond donors (Lipinski definition) is 1. The predicted octanol–water partition coefficient (Wildman–Crippen LogP) is 1.06. The molecule has 1 aromatic rings. The van der Waals surface area contributed by atoms with E-state index in [2.05, 4.69) is 15.3 Å². The van der Waals surface area contributed by atoms with Crippen molar-refractivity contribution in [3.05, 3.63) is 12.0 Å². The van der Waals surface area contributed by atoms with E-state index in [-0.39, 0.29) is 29.9 Å². The van der Waals surface area contributed by atoms with E-state index in [1.54, 1.807) is 11.8 Å². The van der Waals surface area contributed by atoms with Crippen molar-refractivity contribution < 1.29 is 12.8 Å². The summed E-state index contributed by atoms with van der Waals surface area (Å²) in [6, 6.07) is -0.294. The number of nitrogens with one attached hydrogen (secondary N) is 1. The maximum atomic E-state index is 13.9. The molecule has 1 N–H and O–H groups in total. The van der Waals surface area contributed by atoms with Gasteiger partial charge in [0.15, 0.2) is 21.5 Å². The zero-order chi connectivity index (χ0) is 14.8. The number of sulfone groups is 1. The highest BCUT2D eigenvalue weighted by Crippen LogP contribution is 2.23. The van der Waals surface area contributed by atoms with Gasteiger partial charge in [-0.25, -0.2) is 17.8 Å². The Labute approximate surface area is 118 Å². The van der Waals surface area contributed by atoms with Crippen molar-refractivity contribution in [2.24, 2.45) is 0 Å². The van der Waals surface area contributed by atoms with Gasteiger partial charge in [0.05, 0.1) is 17.7 Å². The molecule has 0 radical (unpaired) electrons. The van der Waals surface area contributed by atoms with Crippen molar-refractivity contribution in [2.75, 3.05) is 34.8 Å². The number of hydrogen-bond acceptors (Lipinski definition) is 6. The molecule has 1 saturated heterocycles. The zero-order valence-electron chi connectivity index (χ0n) is 11.6. The zero-order valence-corrected chi connectivity index (χ0v) is 12.5. The van der Waals surface area contributed by atoms with Crippen LogP contribution >= 0.6 is 0 Å². The van der Waals surface area contributed by atoms with Gasteiger partial charge in [0.1, 0.15) is 0 Å². The Bertz CT molecular complexity index is 579. The Hall–Kier alpha value is -1.44. The van der Waals surface area contributed by atoms with Gasteiger partial charge in [-0.2, -0.15) is 4.98 Å². The quantitative estimate of drug-likeness (QED) is 0.896. The van der Waals surface area contributed by atoms with E-state index >= 15 is 0 Å². The molecule has 6 nitrogen and oxygen atoms in total. The lowest BCUT2D eigenvalue weighted by molar-refractivity contribution is 0.553. The topological polar surface area (TPSA) is 75.2 Å². The molecule has 1 atom stereocenters. The van der Waals surface area contributed by atoms with E-state index in [9.17, 15) is 12.8 Å². The van der Waals surface area contributed by atoms with Gasteiger partial charge < -0.3 is 10.2 Å². The van der Waals surface area contributed by atoms with Crippen LogP contribution in [0, 0.1) is 5.82 Å². The Balaban J connectivity index is 2.23. The largest absolute Gasteiger partial charge is 0.354 e. The van der Waals surface area contributed by atoms with Crippen LogP contribution in [0.25, 0.3) is 0 Å². The first kappa shape index (κ1) is 15.0. The molecule has 1 fully saturated rings. The second-order valence-corrected chi connectivity index (χ2v) is 7.18. The average molecular weight is 302 g/mol. The van der Waals surface area contributed by atoms with Crippen molar-refractivity contribution in [3.8, 4) is 0 Å². The van der Waals surface area contributed by atoms with Gasteiger partial charge in [0, 0.05) is 19.1 Å². The molecule has 0 saturated carbocycles. The molecule has 1 aromatic heterocycles. The lowest BCUT2D eigenvalue weighted by Crippen LogP contribution is -2.47. The smallest absolute Gasteiger partial charge is 0.224 e. The van der Waals surface area contributed by atoms with Crippen LogP contribution in [-0.4, -0.2) is 49.0 Å². The Kier molecular flexibility index (Phi) is 4.42. The monoisotopic (exact) mass is 302 g/mol. The summed E-state index contributed by atoms with van der Waals surface area (Å²) in [6.07, 6.45) is 2.03. The van der Waals surface area contributed by atoms with Gasteiger partial charge in [-0.1, -0.05) is 6.92 Å². The molecule has 1 unspecified atom stereocenters. The van der Waals surface area contributed by atoms with Gasteiger partial charge in [-0.3, -0.25) is 0 Å². The normalized spacial score (nSPS) is 21.8. The lowest BCUT2D eigenvalue weighted by atomic mass is 10.3. The molecule has 20 heavy (non-hydrogen) atoms. The SMILES string of the molecule is CCCNc1ncc(F)c(N2CCS(=O)(=O)CC2C)n1. The maximum Gasteiger partial charge on any atom is 0.224 e. The highest BCUT2D eigenvalue weighted by Gasteiger charge is 2.30. The fraction of sp³-hybridized carbons (Fsp3) is 0.667. The lowest BCUT2D eigenvalue weighted by Gasteiger charge is -2.34. The van der Waals surface area contributed by atoms with Crippen LogP contribution in [0.15, 0.2) is 6.20 Å². The fourth-order valence-electron chi connectivity index (χ4n) is 2.19. The van der Waals surface area contributed by atoms with Crippen LogP contribution in [0.2, 0.25) is 0 Å². The summed E-state index contributed by atoms with van der Waals surface area (Å²) < 4.78 is 37.0. The number of aromatic nitrogens is 2. The number of rotatable bonds is 4. The van der Waals surface area contributed by atoms with Crippen LogP contribution in [0.4, 0.5) is 16.2 Å². The Morgan fingerprint density at radius 2 is 2.30 bits per heavy atom. The van der Waals surface area contributed by atoms with Gasteiger partial charge in [-0.15, -0.1) is 0 Å². The summed E-state index contributed by atoms with van der Waals surface area (Å²) in [6.45, 7) is 4.73. The van der Waals surface area contributed by atoms with Crippen molar-refractivity contribution in [3.63, 3.8) is 0 Å². The fourth-order valence-corrected chi connectivity index (χ4v) is 3.75. The predicted molar refractivity (Wildman–Crippen MR) is 76.2 cm³/mol. The van der Waals surface area contributed by atoms with E-state index in [0.717, 1.165) is 12.6 Å². The second kappa shape index (κ2) is 5.90. The van der Waals surface area contributed by atoms with Crippen molar-refractivity contribution >= 4 is 21.6 Å². The average Bonchev–Trinajstić information content (AvgIpc) is 2.37. The Morgan fingerprint density at radius 1 is 1.55 bits per heavy atom. The first-order valence-electron chi connectivity index (χ1n) is 6.66. The van der Waals surface area contributed by atoms with Crippen LogP contribution in [0.5, 0.6) is 0 Å². The van der Waals surface area contributed by atoms with Crippen molar-refractivity contribution in [1.29, 1.82) is 0 Å². The van der Waals surface area contributed by atoms with Crippen molar-refractivity contribution in [1.82, 2.24) is 9.97 Å². The third-order valence-corrected chi connectivity index (χ3v) is 5.00. The molecule has 0 bridgehead atoms. The molecule has 8 heteroatoms. The highest BCUT2D eigenvalue weighted by molar-refractivity contribution is 7.91. The molecule has 1 aliphatic rings. The van der Waals surface area contributed by atoms with Gasteiger partial charge in [0.2, 0.25) is 5.95 Å². The van der Waals surface area contributed by atoms with E-state index in [1.165, 1.54) is 0 Å². The minimum Gasteiger partial charge on any atom is -0.354 e. The third kappa shape index (κ3) is 3.36. The second-order valence-electron chi connectivity index (χ2n) is 4.95. The van der Waals surface area contributed by atoms with Crippen molar-refractivity contribution in [2.45, 2.75) is 26.3 Å². The highest BCUT2D eigenvalue weighted by atomic mass is 32.2. The maximum absolute atomic E-state index is 13.9. The molecule has 0 spiro atoms. The minimum atomic E-state index is -3.03. The third-order valence-electron chi connectivity index (χ3n) is 3.20. The van der Waals surface area contributed by atoms with E-state index < -0.39 is 15.7 Å². The standard InChI is InChI=1S/C12H19FN4O2S/c1-3-4-14-12-15-7-10(13)11(16-12)17-5-6-20(18,19)8-9(17)2/h7,9H,3-6,8H2,1-2H3,(H,14,15,16). The molecular formula is C12H19FN4O2S. The molecule has 0 aliphatic carbocycles. The summed E-state index contributed by atoms with van der Waals surface area (Å²) in [5, 5.41) is 3.00. The van der Waals surface area contributed by atoms with Crippen LogP contribution < -0.4 is 10.2 Å². The Morgan fingerprint density at radius 3 is 2.95 bits per heavy atom.